The molecule has 19 heavy (non-hydrogen) atoms. The molecule has 1 aliphatic rings. The maximum atomic E-state index is 12.3. The molecule has 4 heteroatoms. The molecule has 0 aliphatic carbocycles. The highest BCUT2D eigenvalue weighted by Crippen LogP contribution is 2.21. The first kappa shape index (κ1) is 13.9. The average Bonchev–Trinajstić information content (AvgIpc) is 2.74. The monoisotopic (exact) mass is 261 g/mol. The number of para-hydroxylation sites is 1. The largest absolute Gasteiger partial charge is 0.398 e. The van der Waals surface area contributed by atoms with Crippen molar-refractivity contribution in [3.63, 3.8) is 0 Å². The van der Waals surface area contributed by atoms with Gasteiger partial charge in [-0.25, -0.2) is 0 Å². The fourth-order valence-electron chi connectivity index (χ4n) is 2.80. The Hall–Kier alpha value is -1.55. The molecular formula is C15H23N3O. The standard InChI is InChI=1S/C15H23N3O/c1-11-9-18(10-14(11)17(2)3)15(19)8-12-6-4-5-7-13(12)16/h4-7,11,14H,8-10,16H2,1-3H3. The zero-order valence-corrected chi connectivity index (χ0v) is 12.0. The summed E-state index contributed by atoms with van der Waals surface area (Å²) < 4.78 is 0. The van der Waals surface area contributed by atoms with Crippen molar-refractivity contribution < 1.29 is 4.79 Å². The van der Waals surface area contributed by atoms with E-state index in [9.17, 15) is 4.79 Å². The van der Waals surface area contributed by atoms with Crippen LogP contribution in [0.15, 0.2) is 24.3 Å². The van der Waals surface area contributed by atoms with Crippen molar-refractivity contribution in [1.29, 1.82) is 0 Å². The van der Waals surface area contributed by atoms with E-state index in [1.165, 1.54) is 0 Å². The number of amides is 1. The van der Waals surface area contributed by atoms with Crippen LogP contribution in [-0.2, 0) is 11.2 Å². The van der Waals surface area contributed by atoms with Crippen LogP contribution < -0.4 is 5.73 Å². The molecule has 0 spiro atoms. The minimum Gasteiger partial charge on any atom is -0.398 e. The number of likely N-dealkylation sites (tertiary alicyclic amines) is 1. The lowest BCUT2D eigenvalue weighted by atomic mass is 10.1. The molecule has 0 bridgehead atoms. The van der Waals surface area contributed by atoms with Gasteiger partial charge in [0.1, 0.15) is 0 Å². The lowest BCUT2D eigenvalue weighted by Gasteiger charge is -2.22. The lowest BCUT2D eigenvalue weighted by Crippen LogP contribution is -2.36. The van der Waals surface area contributed by atoms with Gasteiger partial charge in [-0.05, 0) is 31.6 Å². The maximum absolute atomic E-state index is 12.3. The number of hydrogen-bond donors (Lipinski definition) is 1. The predicted molar refractivity (Wildman–Crippen MR) is 77.8 cm³/mol. The average molecular weight is 261 g/mol. The molecular weight excluding hydrogens is 238 g/mol. The van der Waals surface area contributed by atoms with Crippen molar-refractivity contribution in [3.05, 3.63) is 29.8 Å². The van der Waals surface area contributed by atoms with Gasteiger partial charge in [0.05, 0.1) is 6.42 Å². The van der Waals surface area contributed by atoms with Crippen LogP contribution in [0, 0.1) is 5.92 Å². The van der Waals surface area contributed by atoms with Crippen LogP contribution >= 0.6 is 0 Å². The number of benzene rings is 1. The number of carbonyl (C=O) groups is 1. The zero-order valence-electron chi connectivity index (χ0n) is 12.0. The molecule has 1 aromatic rings. The molecule has 1 aromatic carbocycles. The summed E-state index contributed by atoms with van der Waals surface area (Å²) in [5, 5.41) is 0. The molecule has 1 saturated heterocycles. The molecule has 2 rings (SSSR count). The van der Waals surface area contributed by atoms with E-state index in [2.05, 4.69) is 25.9 Å². The van der Waals surface area contributed by atoms with Crippen LogP contribution in [-0.4, -0.2) is 48.9 Å². The Morgan fingerprint density at radius 2 is 2.05 bits per heavy atom. The fourth-order valence-corrected chi connectivity index (χ4v) is 2.80. The highest BCUT2D eigenvalue weighted by molar-refractivity contribution is 5.80. The van der Waals surface area contributed by atoms with Gasteiger partial charge in [0.25, 0.3) is 0 Å². The van der Waals surface area contributed by atoms with E-state index in [4.69, 9.17) is 5.73 Å². The minimum absolute atomic E-state index is 0.175. The number of rotatable bonds is 3. The van der Waals surface area contributed by atoms with Gasteiger partial charge in [-0.2, -0.15) is 0 Å². The summed E-state index contributed by atoms with van der Waals surface area (Å²) in [4.78, 5) is 16.5. The quantitative estimate of drug-likeness (QED) is 0.832. The summed E-state index contributed by atoms with van der Waals surface area (Å²) >= 11 is 0. The summed E-state index contributed by atoms with van der Waals surface area (Å²) in [7, 11) is 4.15. The molecule has 1 fully saturated rings. The van der Waals surface area contributed by atoms with Crippen molar-refractivity contribution in [2.24, 2.45) is 5.92 Å². The van der Waals surface area contributed by atoms with Gasteiger partial charge in [0, 0.05) is 24.8 Å². The number of hydrogen-bond acceptors (Lipinski definition) is 3. The van der Waals surface area contributed by atoms with E-state index in [-0.39, 0.29) is 5.91 Å². The van der Waals surface area contributed by atoms with Gasteiger partial charge in [-0.3, -0.25) is 4.79 Å². The van der Waals surface area contributed by atoms with E-state index in [0.717, 1.165) is 18.7 Å². The van der Waals surface area contributed by atoms with Crippen LogP contribution in [0.5, 0.6) is 0 Å². The minimum atomic E-state index is 0.175. The molecule has 2 atom stereocenters. The Morgan fingerprint density at radius 3 is 2.63 bits per heavy atom. The van der Waals surface area contributed by atoms with Gasteiger partial charge < -0.3 is 15.5 Å². The van der Waals surface area contributed by atoms with Crippen LogP contribution in [0.3, 0.4) is 0 Å². The Kier molecular flexibility index (Phi) is 4.10. The number of nitrogen functional groups attached to an aromatic ring is 1. The van der Waals surface area contributed by atoms with Gasteiger partial charge in [-0.1, -0.05) is 25.1 Å². The fraction of sp³-hybridized carbons (Fsp3) is 0.533. The van der Waals surface area contributed by atoms with Crippen LogP contribution in [0.2, 0.25) is 0 Å². The molecule has 1 amide bonds. The van der Waals surface area contributed by atoms with Gasteiger partial charge in [0.2, 0.25) is 5.91 Å². The topological polar surface area (TPSA) is 49.6 Å². The van der Waals surface area contributed by atoms with Crippen LogP contribution in [0.1, 0.15) is 12.5 Å². The molecule has 0 aromatic heterocycles. The number of anilines is 1. The van der Waals surface area contributed by atoms with Crippen LogP contribution in [0.25, 0.3) is 0 Å². The maximum Gasteiger partial charge on any atom is 0.227 e. The summed E-state index contributed by atoms with van der Waals surface area (Å²) in [6, 6.07) is 8.04. The highest BCUT2D eigenvalue weighted by Gasteiger charge is 2.33. The summed E-state index contributed by atoms with van der Waals surface area (Å²) in [6.45, 7) is 3.86. The first-order chi connectivity index (χ1) is 8.99. The van der Waals surface area contributed by atoms with E-state index in [1.54, 1.807) is 0 Å². The first-order valence-electron chi connectivity index (χ1n) is 6.76. The zero-order chi connectivity index (χ0) is 14.0. The summed E-state index contributed by atoms with van der Waals surface area (Å²) in [5.74, 6) is 0.696. The van der Waals surface area contributed by atoms with Crippen molar-refractivity contribution in [1.82, 2.24) is 9.80 Å². The normalized spacial score (nSPS) is 23.1. The molecule has 104 valence electrons. The molecule has 1 heterocycles. The molecule has 0 saturated carbocycles. The number of nitrogens with two attached hydrogens (primary N) is 1. The second-order valence-electron chi connectivity index (χ2n) is 5.68. The van der Waals surface area contributed by atoms with Crippen molar-refractivity contribution in [2.45, 2.75) is 19.4 Å². The van der Waals surface area contributed by atoms with Crippen molar-refractivity contribution >= 4 is 11.6 Å². The summed E-state index contributed by atoms with van der Waals surface area (Å²) in [6.07, 6.45) is 0.402. The van der Waals surface area contributed by atoms with Crippen molar-refractivity contribution in [3.8, 4) is 0 Å². The Labute approximate surface area is 115 Å². The Morgan fingerprint density at radius 1 is 1.37 bits per heavy atom. The van der Waals surface area contributed by atoms with E-state index < -0.39 is 0 Å². The third kappa shape index (κ3) is 3.07. The SMILES string of the molecule is CC1CN(C(=O)Cc2ccccc2N)CC1N(C)C. The van der Waals surface area contributed by atoms with Crippen molar-refractivity contribution in [2.75, 3.05) is 32.9 Å². The van der Waals surface area contributed by atoms with Gasteiger partial charge >= 0.3 is 0 Å². The molecule has 2 unspecified atom stereocenters. The number of carbonyl (C=O) groups excluding carboxylic acids is 1. The summed E-state index contributed by atoms with van der Waals surface area (Å²) in [5.41, 5.74) is 7.52. The van der Waals surface area contributed by atoms with E-state index in [0.29, 0.717) is 24.1 Å². The Bertz CT molecular complexity index is 458. The molecule has 2 N–H and O–H groups in total. The number of likely N-dealkylation sites (N-methyl/N-ethyl adjacent to an activating group) is 1. The van der Waals surface area contributed by atoms with E-state index >= 15 is 0 Å². The predicted octanol–water partition coefficient (Wildman–Crippen LogP) is 1.22. The molecule has 1 aliphatic heterocycles. The molecule has 0 radical (unpaired) electrons. The Balaban J connectivity index is 2.00. The molecule has 4 nitrogen and oxygen atoms in total. The third-order valence-corrected chi connectivity index (χ3v) is 3.99. The smallest absolute Gasteiger partial charge is 0.227 e. The second kappa shape index (κ2) is 5.61. The number of nitrogens with zero attached hydrogens (tertiary/aromatic N) is 2. The van der Waals surface area contributed by atoms with Crippen LogP contribution in [0.4, 0.5) is 5.69 Å². The first-order valence-corrected chi connectivity index (χ1v) is 6.76. The highest BCUT2D eigenvalue weighted by atomic mass is 16.2. The van der Waals surface area contributed by atoms with Gasteiger partial charge in [0.15, 0.2) is 0 Å². The lowest BCUT2D eigenvalue weighted by molar-refractivity contribution is -0.129. The third-order valence-electron chi connectivity index (χ3n) is 3.99. The van der Waals surface area contributed by atoms with E-state index in [1.807, 2.05) is 29.2 Å². The second-order valence-corrected chi connectivity index (χ2v) is 5.68. The van der Waals surface area contributed by atoms with Gasteiger partial charge in [-0.15, -0.1) is 0 Å².